The second-order valence-electron chi connectivity index (χ2n) is 7.55. The maximum absolute atomic E-state index is 13.0. The normalized spacial score (nSPS) is 16.6. The molecule has 0 fully saturated rings. The molecule has 0 bridgehead atoms. The molecule has 7 heteroatoms. The number of benzene rings is 2. The average molecular weight is 427 g/mol. The monoisotopic (exact) mass is 426 g/mol. The van der Waals surface area contributed by atoms with Gasteiger partial charge in [-0.1, -0.05) is 19.9 Å². The number of rotatable bonds is 7. The maximum atomic E-state index is 13.0. The van der Waals surface area contributed by atoms with Gasteiger partial charge in [-0.05, 0) is 50.1 Å². The van der Waals surface area contributed by atoms with E-state index in [0.29, 0.717) is 41.5 Å². The quantitative estimate of drug-likeness (QED) is 0.716. The lowest BCUT2D eigenvalue weighted by Crippen LogP contribution is -2.43. The second-order valence-corrected chi connectivity index (χ2v) is 7.55. The minimum atomic E-state index is -0.506. The number of fused-ring (bicyclic) bond motifs is 1. The molecule has 0 aromatic heterocycles. The van der Waals surface area contributed by atoms with Crippen molar-refractivity contribution in [1.29, 1.82) is 0 Å². The van der Waals surface area contributed by atoms with Crippen molar-refractivity contribution in [2.45, 2.75) is 52.3 Å². The van der Waals surface area contributed by atoms with Crippen LogP contribution in [0.25, 0.3) is 0 Å². The Labute approximate surface area is 183 Å². The molecule has 3 rings (SSSR count). The SMILES string of the molecule is CC[C@@H]1Oc2ccc(NC(=O)c3c(OC)cccc3OC)cc2CN([C@H](C)CC)C1=O. The molecule has 0 unspecified atom stereocenters. The van der Waals surface area contributed by atoms with E-state index >= 15 is 0 Å². The number of nitrogens with zero attached hydrogens (tertiary/aromatic N) is 1. The second kappa shape index (κ2) is 9.73. The lowest BCUT2D eigenvalue weighted by Gasteiger charge is -2.28. The van der Waals surface area contributed by atoms with Gasteiger partial charge >= 0.3 is 0 Å². The Morgan fingerprint density at radius 1 is 1.19 bits per heavy atom. The molecular weight excluding hydrogens is 396 g/mol. The minimum Gasteiger partial charge on any atom is -0.496 e. The van der Waals surface area contributed by atoms with Crippen LogP contribution < -0.4 is 19.5 Å². The van der Waals surface area contributed by atoms with Crippen molar-refractivity contribution < 1.29 is 23.8 Å². The highest BCUT2D eigenvalue weighted by Crippen LogP contribution is 2.32. The Bertz CT molecular complexity index is 937. The number of ether oxygens (including phenoxy) is 3. The van der Waals surface area contributed by atoms with Crippen LogP contribution in [0.15, 0.2) is 36.4 Å². The van der Waals surface area contributed by atoms with Crippen LogP contribution in [0.5, 0.6) is 17.2 Å². The van der Waals surface area contributed by atoms with E-state index in [9.17, 15) is 9.59 Å². The van der Waals surface area contributed by atoms with Gasteiger partial charge in [-0.2, -0.15) is 0 Å². The molecule has 2 aromatic carbocycles. The summed E-state index contributed by atoms with van der Waals surface area (Å²) in [4.78, 5) is 27.8. The van der Waals surface area contributed by atoms with E-state index in [4.69, 9.17) is 14.2 Å². The van der Waals surface area contributed by atoms with Crippen molar-refractivity contribution >= 4 is 17.5 Å². The molecule has 0 saturated heterocycles. The predicted octanol–water partition coefficient (Wildman–Crippen LogP) is 4.25. The van der Waals surface area contributed by atoms with Gasteiger partial charge in [0, 0.05) is 23.8 Å². The fraction of sp³-hybridized carbons (Fsp3) is 0.417. The molecule has 7 nitrogen and oxygen atoms in total. The highest BCUT2D eigenvalue weighted by molar-refractivity contribution is 6.08. The van der Waals surface area contributed by atoms with Gasteiger partial charge in [0.1, 0.15) is 22.8 Å². The van der Waals surface area contributed by atoms with Crippen LogP contribution in [0.2, 0.25) is 0 Å². The number of anilines is 1. The van der Waals surface area contributed by atoms with E-state index in [1.165, 1.54) is 14.2 Å². The van der Waals surface area contributed by atoms with Crippen molar-refractivity contribution in [3.63, 3.8) is 0 Å². The number of nitrogens with one attached hydrogen (secondary N) is 1. The Kier molecular flexibility index (Phi) is 7.05. The van der Waals surface area contributed by atoms with E-state index in [0.717, 1.165) is 12.0 Å². The van der Waals surface area contributed by atoms with Crippen LogP contribution in [-0.4, -0.2) is 43.1 Å². The summed E-state index contributed by atoms with van der Waals surface area (Å²) in [5.74, 6) is 1.17. The van der Waals surface area contributed by atoms with E-state index < -0.39 is 6.10 Å². The highest BCUT2D eigenvalue weighted by atomic mass is 16.5. The summed E-state index contributed by atoms with van der Waals surface area (Å²) in [6.07, 6.45) is 0.937. The van der Waals surface area contributed by atoms with E-state index in [1.54, 1.807) is 30.3 Å². The molecule has 1 N–H and O–H groups in total. The molecule has 0 spiro atoms. The van der Waals surface area contributed by atoms with Gasteiger partial charge in [0.15, 0.2) is 6.10 Å². The van der Waals surface area contributed by atoms with Gasteiger partial charge in [0.05, 0.1) is 14.2 Å². The van der Waals surface area contributed by atoms with Gasteiger partial charge < -0.3 is 24.4 Å². The van der Waals surface area contributed by atoms with Crippen LogP contribution in [0.4, 0.5) is 5.69 Å². The fourth-order valence-corrected chi connectivity index (χ4v) is 3.67. The molecule has 166 valence electrons. The van der Waals surface area contributed by atoms with E-state index in [2.05, 4.69) is 12.2 Å². The number of carbonyl (C=O) groups is 2. The Morgan fingerprint density at radius 2 is 1.87 bits per heavy atom. The molecule has 0 saturated carbocycles. The predicted molar refractivity (Wildman–Crippen MR) is 119 cm³/mol. The topological polar surface area (TPSA) is 77.1 Å². The van der Waals surface area contributed by atoms with Gasteiger partial charge in [-0.25, -0.2) is 0 Å². The lowest BCUT2D eigenvalue weighted by molar-refractivity contribution is -0.140. The van der Waals surface area contributed by atoms with E-state index in [1.807, 2.05) is 24.8 Å². The maximum Gasteiger partial charge on any atom is 0.264 e. The fourth-order valence-electron chi connectivity index (χ4n) is 3.67. The van der Waals surface area contributed by atoms with Gasteiger partial charge in [0.25, 0.3) is 11.8 Å². The van der Waals surface area contributed by atoms with Crippen molar-refractivity contribution in [1.82, 2.24) is 4.90 Å². The van der Waals surface area contributed by atoms with Crippen molar-refractivity contribution in [3.8, 4) is 17.2 Å². The first-order valence-electron chi connectivity index (χ1n) is 10.6. The molecule has 2 aromatic rings. The zero-order valence-electron chi connectivity index (χ0n) is 18.7. The minimum absolute atomic E-state index is 0.00241. The van der Waals surface area contributed by atoms with Crippen molar-refractivity contribution in [2.24, 2.45) is 0 Å². The summed E-state index contributed by atoms with van der Waals surface area (Å²) >= 11 is 0. The van der Waals surface area contributed by atoms with Gasteiger partial charge in [-0.3, -0.25) is 9.59 Å². The van der Waals surface area contributed by atoms with Crippen molar-refractivity contribution in [3.05, 3.63) is 47.5 Å². The summed E-state index contributed by atoms with van der Waals surface area (Å²) in [6, 6.07) is 10.7. The smallest absolute Gasteiger partial charge is 0.264 e. The standard InChI is InChI=1S/C24H30N2O5/c1-6-15(3)26-14-16-13-17(11-12-19(16)31-18(7-2)24(26)28)25-23(27)22-20(29-4)9-8-10-21(22)30-5/h8-13,15,18H,6-7,14H2,1-5H3,(H,25,27)/t15-,18+/m1/s1. The number of methoxy groups -OCH3 is 2. The van der Waals surface area contributed by atoms with Crippen LogP contribution >= 0.6 is 0 Å². The van der Waals surface area contributed by atoms with Gasteiger partial charge in [0.2, 0.25) is 0 Å². The summed E-state index contributed by atoms with van der Waals surface area (Å²) in [6.45, 7) is 6.47. The van der Waals surface area contributed by atoms with Crippen LogP contribution in [0, 0.1) is 0 Å². The molecule has 0 radical (unpaired) electrons. The number of amides is 2. The number of carbonyl (C=O) groups excluding carboxylic acids is 2. The molecule has 2 amide bonds. The molecule has 0 aliphatic carbocycles. The molecule has 31 heavy (non-hydrogen) atoms. The Morgan fingerprint density at radius 3 is 2.45 bits per heavy atom. The number of hydrogen-bond donors (Lipinski definition) is 1. The average Bonchev–Trinajstić information content (AvgIpc) is 2.93. The highest BCUT2D eigenvalue weighted by Gasteiger charge is 2.32. The zero-order chi connectivity index (χ0) is 22.5. The first kappa shape index (κ1) is 22.5. The molecular formula is C24H30N2O5. The first-order chi connectivity index (χ1) is 14.9. The largest absolute Gasteiger partial charge is 0.496 e. The molecule has 1 aliphatic heterocycles. The molecule has 2 atom stereocenters. The van der Waals surface area contributed by atoms with E-state index in [-0.39, 0.29) is 17.9 Å². The Balaban J connectivity index is 1.92. The first-order valence-corrected chi connectivity index (χ1v) is 10.6. The third kappa shape index (κ3) is 4.60. The van der Waals surface area contributed by atoms with Crippen LogP contribution in [-0.2, 0) is 11.3 Å². The van der Waals surface area contributed by atoms with Crippen LogP contribution in [0.1, 0.15) is 49.5 Å². The summed E-state index contributed by atoms with van der Waals surface area (Å²) in [5, 5.41) is 2.91. The number of hydrogen-bond acceptors (Lipinski definition) is 5. The summed E-state index contributed by atoms with van der Waals surface area (Å²) in [5.41, 5.74) is 1.78. The van der Waals surface area contributed by atoms with Crippen LogP contribution in [0.3, 0.4) is 0 Å². The Hall–Kier alpha value is -3.22. The third-order valence-corrected chi connectivity index (χ3v) is 5.64. The third-order valence-electron chi connectivity index (χ3n) is 5.64. The molecule has 1 aliphatic rings. The summed E-state index contributed by atoms with van der Waals surface area (Å²) in [7, 11) is 3.02. The summed E-state index contributed by atoms with van der Waals surface area (Å²) < 4.78 is 16.7. The zero-order valence-corrected chi connectivity index (χ0v) is 18.7. The lowest BCUT2D eigenvalue weighted by atomic mass is 10.1. The van der Waals surface area contributed by atoms with Crippen molar-refractivity contribution in [2.75, 3.05) is 19.5 Å². The molecule has 1 heterocycles. The van der Waals surface area contributed by atoms with Gasteiger partial charge in [-0.15, -0.1) is 0 Å².